The van der Waals surface area contributed by atoms with Crippen LogP contribution >= 0.6 is 0 Å². The van der Waals surface area contributed by atoms with Crippen molar-refractivity contribution in [1.82, 2.24) is 19.7 Å². The summed E-state index contributed by atoms with van der Waals surface area (Å²) in [4.78, 5) is 39.6. The first kappa shape index (κ1) is 23.4. The fraction of sp³-hybridized carbons (Fsp3) is 0.360. The van der Waals surface area contributed by atoms with Gasteiger partial charge >= 0.3 is 5.69 Å². The number of amides is 1. The van der Waals surface area contributed by atoms with Gasteiger partial charge in [-0.05, 0) is 67.6 Å². The minimum Gasteiger partial charge on any atom is -0.497 e. The molecular formula is C25H28N4O5. The number of nitrogens with one attached hydrogen (secondary N) is 1. The van der Waals surface area contributed by atoms with E-state index in [-0.39, 0.29) is 24.9 Å². The Balaban J connectivity index is 1.78. The van der Waals surface area contributed by atoms with E-state index in [4.69, 9.17) is 9.47 Å². The Bertz CT molecular complexity index is 1320. The predicted octanol–water partition coefficient (Wildman–Crippen LogP) is 1.98. The number of methoxy groups -OCH3 is 1. The fourth-order valence-corrected chi connectivity index (χ4v) is 3.87. The number of nitrogens with zero attached hydrogens (tertiary/aromatic N) is 3. The number of carbonyl (C=O) groups excluding carboxylic acids is 1. The third kappa shape index (κ3) is 4.94. The van der Waals surface area contributed by atoms with E-state index in [0.29, 0.717) is 23.6 Å². The molecule has 9 nitrogen and oxygen atoms in total. The second kappa shape index (κ2) is 10.0. The van der Waals surface area contributed by atoms with E-state index in [9.17, 15) is 14.4 Å². The molecule has 2 heterocycles. The summed E-state index contributed by atoms with van der Waals surface area (Å²) in [5, 5.41) is 6.92. The second-order valence-corrected chi connectivity index (χ2v) is 8.40. The van der Waals surface area contributed by atoms with Gasteiger partial charge in [0.1, 0.15) is 5.75 Å². The standard InChI is InChI=1S/C25H28N4O5/c1-16-9-10-19(12-17(16)2)29-25(32)28(15-18-6-4-7-20(13-18)33-3)24(31)22(27-29)23(30)26-14-21-8-5-11-34-21/h4,6-7,9-10,12-13,21H,5,8,11,14-15H2,1-3H3,(H,26,30)/t21-/m0/s1. The van der Waals surface area contributed by atoms with Crippen LogP contribution in [0.15, 0.2) is 52.1 Å². The van der Waals surface area contributed by atoms with Crippen LogP contribution in [0.25, 0.3) is 5.69 Å². The van der Waals surface area contributed by atoms with Crippen LogP contribution < -0.4 is 21.3 Å². The minimum absolute atomic E-state index is 0.0335. The van der Waals surface area contributed by atoms with E-state index < -0.39 is 17.2 Å². The number of hydrogen-bond donors (Lipinski definition) is 1. The van der Waals surface area contributed by atoms with Gasteiger partial charge < -0.3 is 14.8 Å². The molecule has 0 unspecified atom stereocenters. The highest BCUT2D eigenvalue weighted by Crippen LogP contribution is 2.14. The highest BCUT2D eigenvalue weighted by Gasteiger charge is 2.23. The first-order valence-corrected chi connectivity index (χ1v) is 11.2. The lowest BCUT2D eigenvalue weighted by Crippen LogP contribution is -2.46. The summed E-state index contributed by atoms with van der Waals surface area (Å²) < 4.78 is 12.9. The maximum atomic E-state index is 13.4. The van der Waals surface area contributed by atoms with Gasteiger partial charge in [-0.15, -0.1) is 0 Å². The molecule has 9 heteroatoms. The van der Waals surface area contributed by atoms with Crippen LogP contribution in [0.1, 0.15) is 40.0 Å². The number of rotatable bonds is 7. The lowest BCUT2D eigenvalue weighted by molar-refractivity contribution is 0.0849. The van der Waals surface area contributed by atoms with E-state index in [0.717, 1.165) is 33.2 Å². The Labute approximate surface area is 196 Å². The number of benzene rings is 2. The SMILES string of the molecule is COc1cccc(Cn2c(=O)c(C(=O)NC[C@@H]3CCCO3)nn(-c3ccc(C)c(C)c3)c2=O)c1. The van der Waals surface area contributed by atoms with Crippen LogP contribution in [0.3, 0.4) is 0 Å². The molecule has 3 aromatic rings. The molecule has 1 atom stereocenters. The van der Waals surface area contributed by atoms with Gasteiger partial charge in [0, 0.05) is 13.2 Å². The Kier molecular flexibility index (Phi) is 6.93. The molecule has 4 rings (SSSR count). The molecule has 1 N–H and O–H groups in total. The zero-order valence-electron chi connectivity index (χ0n) is 19.5. The molecule has 0 radical (unpaired) electrons. The number of ether oxygens (including phenoxy) is 2. The van der Waals surface area contributed by atoms with E-state index in [1.54, 1.807) is 43.5 Å². The summed E-state index contributed by atoms with van der Waals surface area (Å²) >= 11 is 0. The average Bonchev–Trinajstić information content (AvgIpc) is 3.36. The van der Waals surface area contributed by atoms with Gasteiger partial charge in [0.2, 0.25) is 5.69 Å². The van der Waals surface area contributed by atoms with Crippen molar-refractivity contribution >= 4 is 5.91 Å². The van der Waals surface area contributed by atoms with Gasteiger partial charge in [-0.25, -0.2) is 4.79 Å². The highest BCUT2D eigenvalue weighted by atomic mass is 16.5. The molecule has 34 heavy (non-hydrogen) atoms. The third-order valence-electron chi connectivity index (χ3n) is 6.00. The summed E-state index contributed by atoms with van der Waals surface area (Å²) in [5.74, 6) is -0.0407. The van der Waals surface area contributed by atoms with Crippen LogP contribution in [0, 0.1) is 13.8 Å². The van der Waals surface area contributed by atoms with Crippen molar-refractivity contribution in [3.05, 3.63) is 85.7 Å². The van der Waals surface area contributed by atoms with Gasteiger partial charge in [0.15, 0.2) is 0 Å². The van der Waals surface area contributed by atoms with Crippen molar-refractivity contribution in [3.63, 3.8) is 0 Å². The number of aromatic nitrogens is 3. The second-order valence-electron chi connectivity index (χ2n) is 8.40. The largest absolute Gasteiger partial charge is 0.497 e. The number of carbonyl (C=O) groups is 1. The van der Waals surface area contributed by atoms with Gasteiger partial charge in [-0.2, -0.15) is 9.78 Å². The minimum atomic E-state index is -0.752. The van der Waals surface area contributed by atoms with Crippen LogP contribution in [0.4, 0.5) is 0 Å². The van der Waals surface area contributed by atoms with Crippen LogP contribution in [-0.4, -0.2) is 46.6 Å². The predicted molar refractivity (Wildman–Crippen MR) is 127 cm³/mol. The summed E-state index contributed by atoms with van der Waals surface area (Å²) in [6.45, 7) is 4.78. The normalized spacial score (nSPS) is 15.3. The summed E-state index contributed by atoms with van der Waals surface area (Å²) in [5.41, 5.74) is 1.43. The van der Waals surface area contributed by atoms with Crippen LogP contribution in [0.5, 0.6) is 5.75 Å². The maximum Gasteiger partial charge on any atom is 0.352 e. The molecule has 1 aliphatic heterocycles. The van der Waals surface area contributed by atoms with Gasteiger partial charge in [-0.1, -0.05) is 18.2 Å². The first-order valence-electron chi connectivity index (χ1n) is 11.2. The fourth-order valence-electron chi connectivity index (χ4n) is 3.87. The summed E-state index contributed by atoms with van der Waals surface area (Å²) in [6.07, 6.45) is 1.69. The monoisotopic (exact) mass is 464 g/mol. The Morgan fingerprint density at radius 2 is 2.00 bits per heavy atom. The molecule has 178 valence electrons. The number of hydrogen-bond acceptors (Lipinski definition) is 6. The van der Waals surface area contributed by atoms with E-state index in [2.05, 4.69) is 10.4 Å². The molecule has 1 aliphatic rings. The van der Waals surface area contributed by atoms with Crippen molar-refractivity contribution in [2.24, 2.45) is 0 Å². The molecule has 1 fully saturated rings. The molecule has 1 amide bonds. The van der Waals surface area contributed by atoms with Crippen molar-refractivity contribution in [3.8, 4) is 11.4 Å². The average molecular weight is 465 g/mol. The molecule has 0 spiro atoms. The van der Waals surface area contributed by atoms with Crippen LogP contribution in [0.2, 0.25) is 0 Å². The number of aryl methyl sites for hydroxylation is 2. The lowest BCUT2D eigenvalue weighted by Gasteiger charge is -2.14. The smallest absolute Gasteiger partial charge is 0.352 e. The van der Waals surface area contributed by atoms with E-state index in [1.807, 2.05) is 19.9 Å². The molecule has 2 aromatic carbocycles. The zero-order valence-corrected chi connectivity index (χ0v) is 19.5. The van der Waals surface area contributed by atoms with Crippen molar-refractivity contribution < 1.29 is 14.3 Å². The lowest BCUT2D eigenvalue weighted by atomic mass is 10.1. The van der Waals surface area contributed by atoms with E-state index in [1.165, 1.54) is 0 Å². The maximum absolute atomic E-state index is 13.4. The van der Waals surface area contributed by atoms with Crippen LogP contribution in [-0.2, 0) is 11.3 Å². The Morgan fingerprint density at radius 3 is 2.71 bits per heavy atom. The Hall–Kier alpha value is -3.72. The van der Waals surface area contributed by atoms with Gasteiger partial charge in [-0.3, -0.25) is 14.2 Å². The quantitative estimate of drug-likeness (QED) is 0.573. The third-order valence-corrected chi connectivity index (χ3v) is 6.00. The molecule has 1 saturated heterocycles. The van der Waals surface area contributed by atoms with E-state index >= 15 is 0 Å². The molecule has 0 aliphatic carbocycles. The molecular weight excluding hydrogens is 436 g/mol. The zero-order chi connectivity index (χ0) is 24.2. The van der Waals surface area contributed by atoms with Gasteiger partial charge in [0.05, 0.1) is 25.4 Å². The van der Waals surface area contributed by atoms with Crippen molar-refractivity contribution in [2.75, 3.05) is 20.3 Å². The molecule has 0 saturated carbocycles. The first-order chi connectivity index (χ1) is 16.4. The highest BCUT2D eigenvalue weighted by molar-refractivity contribution is 5.91. The topological polar surface area (TPSA) is 104 Å². The van der Waals surface area contributed by atoms with Gasteiger partial charge in [0.25, 0.3) is 11.5 Å². The Morgan fingerprint density at radius 1 is 1.18 bits per heavy atom. The van der Waals surface area contributed by atoms with Crippen molar-refractivity contribution in [2.45, 2.75) is 39.3 Å². The molecule has 0 bridgehead atoms. The molecule has 1 aromatic heterocycles. The van der Waals surface area contributed by atoms with Crippen molar-refractivity contribution in [1.29, 1.82) is 0 Å². The summed E-state index contributed by atoms with van der Waals surface area (Å²) in [7, 11) is 1.54. The summed E-state index contributed by atoms with van der Waals surface area (Å²) in [6, 6.07) is 12.5.